The second-order valence-corrected chi connectivity index (χ2v) is 6.79. The Morgan fingerprint density at radius 3 is 2.96 bits per heavy atom. The molecule has 5 nitrogen and oxygen atoms in total. The summed E-state index contributed by atoms with van der Waals surface area (Å²) in [7, 11) is 0. The fourth-order valence-electron chi connectivity index (χ4n) is 2.78. The van der Waals surface area contributed by atoms with Crippen LogP contribution in [0.25, 0.3) is 10.2 Å². The number of rotatable bonds is 3. The molecular weight excluding hydrogens is 322 g/mol. The highest BCUT2D eigenvalue weighted by Gasteiger charge is 2.16. The van der Waals surface area contributed by atoms with Gasteiger partial charge in [-0.3, -0.25) is 9.59 Å². The Labute approximate surface area is 142 Å². The predicted molar refractivity (Wildman–Crippen MR) is 94.2 cm³/mol. The normalized spacial score (nSPS) is 13.4. The lowest BCUT2D eigenvalue weighted by molar-refractivity contribution is -0.116. The first kappa shape index (κ1) is 14.8. The maximum absolute atomic E-state index is 12.4. The Kier molecular flexibility index (Phi) is 3.74. The third-order valence-corrected chi connectivity index (χ3v) is 5.04. The number of amides is 2. The molecular formula is C18H15N3O2S. The molecule has 1 aliphatic rings. The van der Waals surface area contributed by atoms with Crippen LogP contribution in [0, 0.1) is 0 Å². The number of nitrogens with one attached hydrogen (secondary N) is 2. The monoisotopic (exact) mass is 337 g/mol. The number of nitrogens with zero attached hydrogens (tertiary/aromatic N) is 1. The predicted octanol–water partition coefficient (Wildman–Crippen LogP) is 3.11. The van der Waals surface area contributed by atoms with E-state index in [1.807, 2.05) is 30.3 Å². The molecule has 2 heterocycles. The van der Waals surface area contributed by atoms with Crippen molar-refractivity contribution < 1.29 is 9.59 Å². The molecule has 2 amide bonds. The van der Waals surface area contributed by atoms with Crippen LogP contribution in [0.4, 0.5) is 5.69 Å². The second kappa shape index (κ2) is 6.05. The van der Waals surface area contributed by atoms with Crippen LogP contribution in [-0.2, 0) is 17.8 Å². The van der Waals surface area contributed by atoms with Crippen LogP contribution in [0.1, 0.15) is 27.3 Å². The number of anilines is 1. The molecule has 0 saturated carbocycles. The van der Waals surface area contributed by atoms with Crippen LogP contribution in [-0.4, -0.2) is 16.8 Å². The number of hydrogen-bond donors (Lipinski definition) is 2. The van der Waals surface area contributed by atoms with Gasteiger partial charge in [0.1, 0.15) is 5.01 Å². The molecule has 0 spiro atoms. The van der Waals surface area contributed by atoms with Crippen molar-refractivity contribution in [1.82, 2.24) is 10.3 Å². The molecule has 24 heavy (non-hydrogen) atoms. The lowest BCUT2D eigenvalue weighted by atomic mass is 10.00. The summed E-state index contributed by atoms with van der Waals surface area (Å²) in [6.07, 6.45) is 1.13. The Morgan fingerprint density at radius 2 is 2.08 bits per heavy atom. The lowest BCUT2D eigenvalue weighted by Crippen LogP contribution is -2.24. The summed E-state index contributed by atoms with van der Waals surface area (Å²) in [5, 5.41) is 6.62. The average Bonchev–Trinajstić information content (AvgIpc) is 3.02. The van der Waals surface area contributed by atoms with Gasteiger partial charge in [-0.25, -0.2) is 4.98 Å². The molecule has 0 bridgehead atoms. The van der Waals surface area contributed by atoms with Crippen molar-refractivity contribution in [2.45, 2.75) is 19.4 Å². The van der Waals surface area contributed by atoms with Crippen molar-refractivity contribution in [3.05, 3.63) is 58.6 Å². The van der Waals surface area contributed by atoms with Crippen molar-refractivity contribution in [3.63, 3.8) is 0 Å². The van der Waals surface area contributed by atoms with Crippen LogP contribution in [0.3, 0.4) is 0 Å². The molecule has 0 saturated heterocycles. The van der Waals surface area contributed by atoms with E-state index in [2.05, 4.69) is 15.6 Å². The standard InChI is InChI=1S/C18H15N3O2S/c22-16-8-6-11-9-12(5-7-13(11)20-16)18(23)19-10-17-21-14-3-1-2-4-15(14)24-17/h1-5,7,9H,6,8,10H2,(H,19,23)(H,20,22). The first-order valence-electron chi connectivity index (χ1n) is 7.74. The first-order chi connectivity index (χ1) is 11.7. The van der Waals surface area contributed by atoms with Crippen LogP contribution >= 0.6 is 11.3 Å². The number of hydrogen-bond acceptors (Lipinski definition) is 4. The molecule has 0 atom stereocenters. The summed E-state index contributed by atoms with van der Waals surface area (Å²) in [6, 6.07) is 13.3. The molecule has 120 valence electrons. The minimum Gasteiger partial charge on any atom is -0.346 e. The largest absolute Gasteiger partial charge is 0.346 e. The van der Waals surface area contributed by atoms with Gasteiger partial charge in [-0.1, -0.05) is 12.1 Å². The van der Waals surface area contributed by atoms with Crippen molar-refractivity contribution >= 4 is 39.1 Å². The average molecular weight is 337 g/mol. The summed E-state index contributed by atoms with van der Waals surface area (Å²) in [4.78, 5) is 28.3. The van der Waals surface area contributed by atoms with E-state index in [-0.39, 0.29) is 11.8 Å². The Morgan fingerprint density at radius 1 is 1.21 bits per heavy atom. The molecule has 3 aromatic rings. The zero-order valence-electron chi connectivity index (χ0n) is 12.8. The van der Waals surface area contributed by atoms with Gasteiger partial charge in [-0.15, -0.1) is 11.3 Å². The van der Waals surface area contributed by atoms with Gasteiger partial charge >= 0.3 is 0 Å². The number of aromatic nitrogens is 1. The molecule has 2 N–H and O–H groups in total. The maximum atomic E-state index is 12.4. The SMILES string of the molecule is O=C1CCc2cc(C(=O)NCc3nc4ccccc4s3)ccc2N1. The number of thiazole rings is 1. The zero-order chi connectivity index (χ0) is 16.5. The van der Waals surface area contributed by atoms with Gasteiger partial charge in [0.25, 0.3) is 5.91 Å². The minimum atomic E-state index is -0.131. The third-order valence-electron chi connectivity index (χ3n) is 4.00. The number of carbonyl (C=O) groups excluding carboxylic acids is 2. The number of aryl methyl sites for hydroxylation is 1. The van der Waals surface area contributed by atoms with E-state index in [0.29, 0.717) is 24.9 Å². The van der Waals surface area contributed by atoms with E-state index in [9.17, 15) is 9.59 Å². The van der Waals surface area contributed by atoms with Crippen molar-refractivity contribution in [1.29, 1.82) is 0 Å². The minimum absolute atomic E-state index is 0.0236. The van der Waals surface area contributed by atoms with Gasteiger partial charge in [-0.2, -0.15) is 0 Å². The number of carbonyl (C=O) groups is 2. The molecule has 1 aliphatic heterocycles. The summed E-state index contributed by atoms with van der Waals surface area (Å²) in [5.41, 5.74) is 3.36. The Bertz CT molecular complexity index is 915. The second-order valence-electron chi connectivity index (χ2n) is 5.68. The Hall–Kier alpha value is -2.73. The van der Waals surface area contributed by atoms with Crippen LogP contribution in [0.15, 0.2) is 42.5 Å². The molecule has 6 heteroatoms. The number of benzene rings is 2. The quantitative estimate of drug-likeness (QED) is 0.771. The molecule has 0 aliphatic carbocycles. The van der Waals surface area contributed by atoms with Gasteiger partial charge < -0.3 is 10.6 Å². The summed E-state index contributed by atoms with van der Waals surface area (Å²) in [6.45, 7) is 0.409. The van der Waals surface area contributed by atoms with Gasteiger partial charge in [0.05, 0.1) is 16.8 Å². The van der Waals surface area contributed by atoms with E-state index in [4.69, 9.17) is 0 Å². The highest BCUT2D eigenvalue weighted by atomic mass is 32.1. The van der Waals surface area contributed by atoms with Crippen LogP contribution in [0.5, 0.6) is 0 Å². The topological polar surface area (TPSA) is 71.1 Å². The van der Waals surface area contributed by atoms with Gasteiger partial charge in [0.2, 0.25) is 5.91 Å². The van der Waals surface area contributed by atoms with E-state index in [0.717, 1.165) is 26.5 Å². The van der Waals surface area contributed by atoms with Crippen LogP contribution in [0.2, 0.25) is 0 Å². The lowest BCUT2D eigenvalue weighted by Gasteiger charge is -2.17. The third kappa shape index (κ3) is 2.88. The number of fused-ring (bicyclic) bond motifs is 2. The van der Waals surface area contributed by atoms with Gasteiger partial charge in [0.15, 0.2) is 0 Å². The van der Waals surface area contributed by atoms with Gasteiger partial charge in [0, 0.05) is 17.7 Å². The van der Waals surface area contributed by atoms with E-state index in [1.54, 1.807) is 23.5 Å². The van der Waals surface area contributed by atoms with Gasteiger partial charge in [-0.05, 0) is 42.3 Å². The van der Waals surface area contributed by atoms with E-state index in [1.165, 1.54) is 0 Å². The molecule has 1 aromatic heterocycles. The highest BCUT2D eigenvalue weighted by molar-refractivity contribution is 7.18. The van der Waals surface area contributed by atoms with Crippen molar-refractivity contribution in [2.24, 2.45) is 0 Å². The number of para-hydroxylation sites is 1. The summed E-state index contributed by atoms with van der Waals surface area (Å²) in [5.74, 6) is -0.107. The Balaban J connectivity index is 1.47. The molecule has 0 fully saturated rings. The van der Waals surface area contributed by atoms with Crippen molar-refractivity contribution in [3.8, 4) is 0 Å². The summed E-state index contributed by atoms with van der Waals surface area (Å²) >= 11 is 1.58. The first-order valence-corrected chi connectivity index (χ1v) is 8.56. The van der Waals surface area contributed by atoms with E-state index < -0.39 is 0 Å². The van der Waals surface area contributed by atoms with Crippen LogP contribution < -0.4 is 10.6 Å². The molecule has 4 rings (SSSR count). The smallest absolute Gasteiger partial charge is 0.251 e. The fourth-order valence-corrected chi connectivity index (χ4v) is 3.69. The summed E-state index contributed by atoms with van der Waals surface area (Å²) < 4.78 is 1.12. The van der Waals surface area contributed by atoms with Crippen molar-refractivity contribution in [2.75, 3.05) is 5.32 Å². The molecule has 0 unspecified atom stereocenters. The maximum Gasteiger partial charge on any atom is 0.251 e. The fraction of sp³-hybridized carbons (Fsp3) is 0.167. The highest BCUT2D eigenvalue weighted by Crippen LogP contribution is 2.24. The molecule has 2 aromatic carbocycles. The van der Waals surface area contributed by atoms with E-state index >= 15 is 0 Å². The zero-order valence-corrected chi connectivity index (χ0v) is 13.7. The molecule has 0 radical (unpaired) electrons.